The summed E-state index contributed by atoms with van der Waals surface area (Å²) in [6, 6.07) is 7.71. The van der Waals surface area contributed by atoms with E-state index in [0.29, 0.717) is 0 Å². The lowest BCUT2D eigenvalue weighted by molar-refractivity contribution is -0.146. The fourth-order valence-electron chi connectivity index (χ4n) is 3.06. The van der Waals surface area contributed by atoms with Crippen LogP contribution in [0.5, 0.6) is 5.75 Å². The molecule has 0 unspecified atom stereocenters. The number of ether oxygens (including phenoxy) is 2. The molecule has 1 aromatic rings. The van der Waals surface area contributed by atoms with Crippen LogP contribution < -0.4 is 10.1 Å². The van der Waals surface area contributed by atoms with Crippen LogP contribution in [0.15, 0.2) is 24.3 Å². The number of methoxy groups -OCH3 is 2. The van der Waals surface area contributed by atoms with Gasteiger partial charge in [0.25, 0.3) is 0 Å². The zero-order valence-electron chi connectivity index (χ0n) is 13.0. The number of esters is 1. The minimum Gasteiger partial charge on any atom is -0.497 e. The van der Waals surface area contributed by atoms with Crippen LogP contribution >= 0.6 is 0 Å². The summed E-state index contributed by atoms with van der Waals surface area (Å²) in [6.07, 6.45) is 7.35. The average Bonchev–Trinajstić information content (AvgIpc) is 2.49. The second-order valence-electron chi connectivity index (χ2n) is 5.70. The first-order valence-corrected chi connectivity index (χ1v) is 7.71. The van der Waals surface area contributed by atoms with Gasteiger partial charge in [-0.25, -0.2) is 4.79 Å². The molecule has 4 heteroatoms. The Labute approximate surface area is 126 Å². The maximum atomic E-state index is 12.4. The predicted octanol–water partition coefficient (Wildman–Crippen LogP) is 3.76. The van der Waals surface area contributed by atoms with E-state index in [-0.39, 0.29) is 5.97 Å². The Kier molecular flexibility index (Phi) is 5.48. The van der Waals surface area contributed by atoms with E-state index >= 15 is 0 Å². The Balaban J connectivity index is 2.23. The van der Waals surface area contributed by atoms with Crippen molar-refractivity contribution in [2.45, 2.75) is 50.5 Å². The minimum atomic E-state index is -0.610. The van der Waals surface area contributed by atoms with Crippen LogP contribution in [0, 0.1) is 0 Å². The molecular formula is C17H25NO3. The molecule has 1 N–H and O–H groups in total. The molecule has 21 heavy (non-hydrogen) atoms. The molecule has 0 spiro atoms. The molecule has 0 heterocycles. The van der Waals surface area contributed by atoms with Gasteiger partial charge in [-0.15, -0.1) is 0 Å². The smallest absolute Gasteiger partial charge is 0.331 e. The predicted molar refractivity (Wildman–Crippen MR) is 83.7 cm³/mol. The van der Waals surface area contributed by atoms with Crippen LogP contribution in [-0.4, -0.2) is 25.7 Å². The van der Waals surface area contributed by atoms with Gasteiger partial charge in [-0.1, -0.05) is 38.2 Å². The molecule has 0 aromatic heterocycles. The van der Waals surface area contributed by atoms with Gasteiger partial charge in [-0.05, 0) is 25.0 Å². The van der Waals surface area contributed by atoms with E-state index in [2.05, 4.69) is 5.32 Å². The van der Waals surface area contributed by atoms with Gasteiger partial charge in [0.15, 0.2) is 0 Å². The Hall–Kier alpha value is -1.71. The lowest BCUT2D eigenvalue weighted by Gasteiger charge is -2.34. The number of benzene rings is 1. The lowest BCUT2D eigenvalue weighted by Crippen LogP contribution is -2.47. The molecule has 0 saturated heterocycles. The van der Waals surface area contributed by atoms with E-state index < -0.39 is 5.54 Å². The summed E-state index contributed by atoms with van der Waals surface area (Å²) in [7, 11) is 3.11. The fraction of sp³-hybridized carbons (Fsp3) is 0.588. The molecule has 2 rings (SSSR count). The molecule has 116 valence electrons. The third-order valence-electron chi connectivity index (χ3n) is 4.24. The molecule has 0 atom stereocenters. The number of rotatable bonds is 4. The topological polar surface area (TPSA) is 47.6 Å². The molecule has 4 nitrogen and oxygen atoms in total. The number of carbonyl (C=O) groups excluding carboxylic acids is 1. The summed E-state index contributed by atoms with van der Waals surface area (Å²) in [4.78, 5) is 12.4. The summed E-state index contributed by atoms with van der Waals surface area (Å²) in [5.41, 5.74) is 0.293. The Morgan fingerprint density at radius 1 is 1.10 bits per heavy atom. The van der Waals surface area contributed by atoms with Crippen LogP contribution in [0.4, 0.5) is 5.69 Å². The zero-order valence-corrected chi connectivity index (χ0v) is 13.0. The van der Waals surface area contributed by atoms with Crippen molar-refractivity contribution in [3.63, 3.8) is 0 Å². The molecule has 1 aliphatic carbocycles. The third kappa shape index (κ3) is 3.90. The monoisotopic (exact) mass is 291 g/mol. The second kappa shape index (κ2) is 7.34. The fourth-order valence-corrected chi connectivity index (χ4v) is 3.06. The van der Waals surface area contributed by atoms with E-state index in [0.717, 1.165) is 37.1 Å². The van der Waals surface area contributed by atoms with E-state index in [1.807, 2.05) is 24.3 Å². The maximum absolute atomic E-state index is 12.4. The van der Waals surface area contributed by atoms with Gasteiger partial charge < -0.3 is 14.8 Å². The largest absolute Gasteiger partial charge is 0.497 e. The zero-order chi connectivity index (χ0) is 15.1. The van der Waals surface area contributed by atoms with Crippen molar-refractivity contribution in [2.75, 3.05) is 19.5 Å². The molecule has 1 aromatic carbocycles. The molecule has 1 fully saturated rings. The minimum absolute atomic E-state index is 0.160. The van der Waals surface area contributed by atoms with Crippen molar-refractivity contribution in [1.29, 1.82) is 0 Å². The number of anilines is 1. The van der Waals surface area contributed by atoms with Crippen molar-refractivity contribution in [3.8, 4) is 5.75 Å². The number of carbonyl (C=O) groups is 1. The highest BCUT2D eigenvalue weighted by Gasteiger charge is 2.39. The SMILES string of the molecule is COC(=O)C1(Nc2cccc(OC)c2)CCCCCCC1. The first-order chi connectivity index (χ1) is 10.2. The molecule has 1 aliphatic rings. The summed E-state index contributed by atoms with van der Waals surface area (Å²) in [5, 5.41) is 3.43. The summed E-state index contributed by atoms with van der Waals surface area (Å²) < 4.78 is 10.3. The number of nitrogens with one attached hydrogen (secondary N) is 1. The molecule has 0 radical (unpaired) electrons. The average molecular weight is 291 g/mol. The maximum Gasteiger partial charge on any atom is 0.331 e. The van der Waals surface area contributed by atoms with Crippen LogP contribution in [-0.2, 0) is 9.53 Å². The first-order valence-electron chi connectivity index (χ1n) is 7.71. The van der Waals surface area contributed by atoms with Crippen LogP contribution in [0.25, 0.3) is 0 Å². The molecule has 1 saturated carbocycles. The standard InChI is InChI=1S/C17H25NO3/c1-20-15-10-8-9-14(13-15)18-17(16(19)21-2)11-6-4-3-5-7-12-17/h8-10,13,18H,3-7,11-12H2,1-2H3. The van der Waals surface area contributed by atoms with E-state index in [1.54, 1.807) is 7.11 Å². The van der Waals surface area contributed by atoms with Crippen molar-refractivity contribution < 1.29 is 14.3 Å². The van der Waals surface area contributed by atoms with Gasteiger partial charge in [0, 0.05) is 11.8 Å². The van der Waals surface area contributed by atoms with E-state index in [1.165, 1.54) is 26.4 Å². The Morgan fingerprint density at radius 3 is 2.38 bits per heavy atom. The molecule has 0 amide bonds. The third-order valence-corrected chi connectivity index (χ3v) is 4.24. The quantitative estimate of drug-likeness (QED) is 0.858. The highest BCUT2D eigenvalue weighted by atomic mass is 16.5. The van der Waals surface area contributed by atoms with Crippen LogP contribution in [0.3, 0.4) is 0 Å². The number of hydrogen-bond acceptors (Lipinski definition) is 4. The van der Waals surface area contributed by atoms with Crippen molar-refractivity contribution in [3.05, 3.63) is 24.3 Å². The van der Waals surface area contributed by atoms with E-state index in [4.69, 9.17) is 9.47 Å². The number of hydrogen-bond donors (Lipinski definition) is 1. The van der Waals surface area contributed by atoms with Crippen LogP contribution in [0.2, 0.25) is 0 Å². The van der Waals surface area contributed by atoms with Gasteiger partial charge in [0.05, 0.1) is 14.2 Å². The van der Waals surface area contributed by atoms with Gasteiger partial charge in [-0.2, -0.15) is 0 Å². The first kappa shape index (κ1) is 15.7. The van der Waals surface area contributed by atoms with Gasteiger partial charge in [-0.3, -0.25) is 0 Å². The molecular weight excluding hydrogens is 266 g/mol. The van der Waals surface area contributed by atoms with Crippen LogP contribution in [0.1, 0.15) is 44.9 Å². The summed E-state index contributed by atoms with van der Waals surface area (Å²) in [5.74, 6) is 0.623. The highest BCUT2D eigenvalue weighted by Crippen LogP contribution is 2.32. The lowest BCUT2D eigenvalue weighted by atomic mass is 9.83. The summed E-state index contributed by atoms with van der Waals surface area (Å²) in [6.45, 7) is 0. The van der Waals surface area contributed by atoms with Crippen molar-refractivity contribution in [1.82, 2.24) is 0 Å². The highest BCUT2D eigenvalue weighted by molar-refractivity contribution is 5.84. The normalized spacial score (nSPS) is 18.2. The Morgan fingerprint density at radius 2 is 1.76 bits per heavy atom. The van der Waals surface area contributed by atoms with Gasteiger partial charge >= 0.3 is 5.97 Å². The van der Waals surface area contributed by atoms with Crippen molar-refractivity contribution in [2.24, 2.45) is 0 Å². The van der Waals surface area contributed by atoms with Gasteiger partial charge in [0.2, 0.25) is 0 Å². The summed E-state index contributed by atoms with van der Waals surface area (Å²) >= 11 is 0. The van der Waals surface area contributed by atoms with Gasteiger partial charge in [0.1, 0.15) is 11.3 Å². The second-order valence-corrected chi connectivity index (χ2v) is 5.70. The Bertz CT molecular complexity index is 465. The van der Waals surface area contributed by atoms with E-state index in [9.17, 15) is 4.79 Å². The van der Waals surface area contributed by atoms with Crippen molar-refractivity contribution >= 4 is 11.7 Å². The molecule has 0 aliphatic heterocycles. The molecule has 0 bridgehead atoms.